The molecule has 0 heterocycles. The molecule has 3 nitrogen and oxygen atoms in total. The van der Waals surface area contributed by atoms with Crippen LogP contribution in [0.3, 0.4) is 0 Å². The summed E-state index contributed by atoms with van der Waals surface area (Å²) in [6, 6.07) is 0. The maximum Gasteiger partial charge on any atom is 1.00 e. The molecule has 0 aromatic carbocycles. The molecule has 0 aliphatic heterocycles. The molecule has 0 fully saturated rings. The van der Waals surface area contributed by atoms with Gasteiger partial charge in [-0.1, -0.05) is 6.32 Å². The third kappa shape index (κ3) is 11.0. The normalized spacial score (nSPS) is 9.92. The van der Waals surface area contributed by atoms with Gasteiger partial charge in [-0.25, -0.2) is 4.79 Å². The summed E-state index contributed by atoms with van der Waals surface area (Å²) in [6.07, 6.45) is 0.0159. The Morgan fingerprint density at radius 2 is 2.08 bits per heavy atom. The first-order valence-corrected chi connectivity index (χ1v) is 3.62. The fourth-order valence-electron chi connectivity index (χ4n) is 0.488. The van der Waals surface area contributed by atoms with Crippen LogP contribution in [0.25, 0.3) is 0 Å². The molecule has 0 aliphatic rings. The Hall–Kier alpha value is 0.971. The summed E-state index contributed by atoms with van der Waals surface area (Å²) in [5, 5.41) is 2.50. The van der Waals surface area contributed by atoms with Gasteiger partial charge in [0.05, 0.1) is 7.85 Å². The minimum atomic E-state index is -0.432. The van der Waals surface area contributed by atoms with Crippen molar-refractivity contribution in [3.63, 3.8) is 0 Å². The molecule has 0 rings (SSSR count). The van der Waals surface area contributed by atoms with Gasteiger partial charge in [-0.2, -0.15) is 0 Å². The van der Waals surface area contributed by atoms with Gasteiger partial charge in [-0.15, -0.1) is 0 Å². The van der Waals surface area contributed by atoms with Gasteiger partial charge in [0.15, 0.2) is 0 Å². The van der Waals surface area contributed by atoms with Gasteiger partial charge in [0.1, 0.15) is 5.60 Å². The van der Waals surface area contributed by atoms with Crippen LogP contribution in [-0.4, -0.2) is 26.1 Å². The van der Waals surface area contributed by atoms with E-state index in [1.165, 1.54) is 0 Å². The van der Waals surface area contributed by atoms with E-state index in [1.54, 1.807) is 0 Å². The Kier molecular flexibility index (Phi) is 9.50. The molecule has 0 atom stereocenters. The van der Waals surface area contributed by atoms with Crippen molar-refractivity contribution >= 4 is 13.9 Å². The number of rotatable bonds is 2. The number of carbonyl (C=O) groups excluding carboxylic acids is 1. The maximum absolute atomic E-state index is 10.8. The zero-order valence-electron chi connectivity index (χ0n) is 9.31. The van der Waals surface area contributed by atoms with Gasteiger partial charge >= 0.3 is 57.5 Å². The van der Waals surface area contributed by atoms with Crippen LogP contribution in [-0.2, 0) is 4.74 Å². The summed E-state index contributed by atoms with van der Waals surface area (Å²) < 4.78 is 4.93. The monoisotopic (exact) mass is 195 g/mol. The van der Waals surface area contributed by atoms with Crippen LogP contribution < -0.4 is 56.7 Å². The number of hydrogen-bond acceptors (Lipinski definition) is 2. The number of nitrogens with one attached hydrogen (secondary N) is 1. The van der Waals surface area contributed by atoms with Crippen molar-refractivity contribution < 1.29 is 62.3 Å². The molecule has 1 N–H and O–H groups in total. The largest absolute Gasteiger partial charge is 1.00 e. The number of alkyl carbamates (subject to hydrolysis) is 1. The SMILES string of the molecule is [B]CCNC(=O)OC(C)(C)C.[H-].[K+]. The molecular formula is C7H15BKNO2. The Morgan fingerprint density at radius 1 is 1.58 bits per heavy atom. The van der Waals surface area contributed by atoms with E-state index in [2.05, 4.69) is 5.32 Å². The smallest absolute Gasteiger partial charge is 1.00 e. The van der Waals surface area contributed by atoms with Crippen LogP contribution in [0.4, 0.5) is 4.79 Å². The van der Waals surface area contributed by atoms with Crippen LogP contribution in [0, 0.1) is 0 Å². The fourth-order valence-corrected chi connectivity index (χ4v) is 0.488. The molecule has 5 heteroatoms. The van der Waals surface area contributed by atoms with E-state index in [0.29, 0.717) is 12.9 Å². The summed E-state index contributed by atoms with van der Waals surface area (Å²) in [5.74, 6) is 0. The Bertz CT molecular complexity index is 141. The fraction of sp³-hybridized carbons (Fsp3) is 0.857. The summed E-state index contributed by atoms with van der Waals surface area (Å²) in [4.78, 5) is 10.8. The minimum Gasteiger partial charge on any atom is -1.00 e. The maximum atomic E-state index is 10.8. The van der Waals surface area contributed by atoms with E-state index in [0.717, 1.165) is 0 Å². The van der Waals surface area contributed by atoms with Gasteiger partial charge in [-0.3, -0.25) is 0 Å². The molecule has 0 aliphatic carbocycles. The van der Waals surface area contributed by atoms with Gasteiger partial charge in [-0.05, 0) is 20.8 Å². The van der Waals surface area contributed by atoms with E-state index >= 15 is 0 Å². The summed E-state index contributed by atoms with van der Waals surface area (Å²) in [7, 11) is 5.17. The molecule has 0 aromatic rings. The van der Waals surface area contributed by atoms with E-state index in [-0.39, 0.29) is 52.8 Å². The van der Waals surface area contributed by atoms with E-state index in [9.17, 15) is 4.79 Å². The number of carbonyl (C=O) groups is 1. The molecule has 0 spiro atoms. The van der Waals surface area contributed by atoms with E-state index < -0.39 is 11.7 Å². The molecule has 0 bridgehead atoms. The van der Waals surface area contributed by atoms with Crippen molar-refractivity contribution in [2.75, 3.05) is 6.54 Å². The third-order valence-corrected chi connectivity index (χ3v) is 0.813. The van der Waals surface area contributed by atoms with Crippen LogP contribution >= 0.6 is 0 Å². The average molecular weight is 195 g/mol. The second kappa shape index (κ2) is 7.38. The Balaban J connectivity index is -0.000000500. The molecule has 12 heavy (non-hydrogen) atoms. The molecule has 0 aromatic heterocycles. The predicted molar refractivity (Wildman–Crippen MR) is 45.9 cm³/mol. The topological polar surface area (TPSA) is 38.3 Å². The van der Waals surface area contributed by atoms with E-state index in [4.69, 9.17) is 12.6 Å². The molecule has 0 saturated carbocycles. The molecular weight excluding hydrogens is 180 g/mol. The van der Waals surface area contributed by atoms with Gasteiger partial charge in [0.2, 0.25) is 0 Å². The predicted octanol–water partition coefficient (Wildman–Crippen LogP) is -1.79. The first kappa shape index (κ1) is 15.4. The quantitative estimate of drug-likeness (QED) is 0.529. The van der Waals surface area contributed by atoms with Gasteiger partial charge in [0, 0.05) is 6.54 Å². The van der Waals surface area contributed by atoms with Gasteiger partial charge in [0.25, 0.3) is 0 Å². The van der Waals surface area contributed by atoms with Crippen molar-refractivity contribution in [1.82, 2.24) is 5.32 Å². The standard InChI is InChI=1S/C7H14BNO2.K.H/c1-7(2,3)11-6(10)9-5-4-8;;/h4-5H2,1-3H3,(H,9,10);;/q;+1;-1. The van der Waals surface area contributed by atoms with Crippen molar-refractivity contribution in [2.45, 2.75) is 32.7 Å². The minimum absolute atomic E-state index is 0. The van der Waals surface area contributed by atoms with Crippen molar-refractivity contribution in [3.05, 3.63) is 0 Å². The van der Waals surface area contributed by atoms with Crippen molar-refractivity contribution in [1.29, 1.82) is 0 Å². The van der Waals surface area contributed by atoms with Crippen molar-refractivity contribution in [2.24, 2.45) is 0 Å². The van der Waals surface area contributed by atoms with E-state index in [1.807, 2.05) is 20.8 Å². The third-order valence-electron chi connectivity index (χ3n) is 0.813. The second-order valence-electron chi connectivity index (χ2n) is 3.22. The Morgan fingerprint density at radius 3 is 2.42 bits per heavy atom. The zero-order valence-corrected chi connectivity index (χ0v) is 11.4. The first-order valence-electron chi connectivity index (χ1n) is 3.62. The number of amides is 1. The van der Waals surface area contributed by atoms with Crippen LogP contribution in [0.1, 0.15) is 22.2 Å². The molecule has 1 amide bonds. The number of ether oxygens (including phenoxy) is 1. The second-order valence-corrected chi connectivity index (χ2v) is 3.22. The Labute approximate surface area is 119 Å². The van der Waals surface area contributed by atoms with Crippen LogP contribution in [0.2, 0.25) is 6.32 Å². The molecule has 2 radical (unpaired) electrons. The average Bonchev–Trinajstić information content (AvgIpc) is 1.79. The zero-order chi connectivity index (χ0) is 8.91. The summed E-state index contributed by atoms with van der Waals surface area (Å²) >= 11 is 0. The van der Waals surface area contributed by atoms with Gasteiger partial charge < -0.3 is 11.5 Å². The molecule has 64 valence electrons. The van der Waals surface area contributed by atoms with Crippen molar-refractivity contribution in [3.8, 4) is 0 Å². The first-order chi connectivity index (χ1) is 4.95. The van der Waals surface area contributed by atoms with Crippen LogP contribution in [0.5, 0.6) is 0 Å². The summed E-state index contributed by atoms with van der Waals surface area (Å²) in [5.41, 5.74) is -0.432. The summed E-state index contributed by atoms with van der Waals surface area (Å²) in [6.45, 7) is 5.90. The molecule has 0 saturated heterocycles. The molecule has 0 unspecified atom stereocenters. The van der Waals surface area contributed by atoms with Crippen LogP contribution in [0.15, 0.2) is 0 Å². The number of hydrogen-bond donors (Lipinski definition) is 1.